The quantitative estimate of drug-likeness (QED) is 0.879. The van der Waals surface area contributed by atoms with Crippen molar-refractivity contribution in [2.75, 3.05) is 25.1 Å². The number of rotatable bonds is 5. The van der Waals surface area contributed by atoms with E-state index in [2.05, 4.69) is 37.4 Å². The Kier molecular flexibility index (Phi) is 5.24. The third-order valence-electron chi connectivity index (χ3n) is 3.95. The van der Waals surface area contributed by atoms with Gasteiger partial charge in [0, 0.05) is 12.6 Å². The second-order valence-corrected chi connectivity index (χ2v) is 8.50. The van der Waals surface area contributed by atoms with Crippen LogP contribution in [0.15, 0.2) is 18.2 Å². The summed E-state index contributed by atoms with van der Waals surface area (Å²) in [5, 5.41) is 2.82. The van der Waals surface area contributed by atoms with Gasteiger partial charge < -0.3 is 5.32 Å². The molecule has 1 aromatic carbocycles. The van der Waals surface area contributed by atoms with Crippen molar-refractivity contribution in [1.29, 1.82) is 0 Å². The number of sulfone groups is 1. The number of nitrogens with one attached hydrogen (secondary N) is 1. The molecular weight excluding hydrogens is 300 g/mol. The number of likely N-dealkylation sites (N-methyl/N-ethyl adjacent to an activating group) is 1. The minimum atomic E-state index is -2.96. The van der Waals surface area contributed by atoms with Gasteiger partial charge in [-0.3, -0.25) is 9.69 Å². The van der Waals surface area contributed by atoms with E-state index in [-0.39, 0.29) is 30.0 Å². The maximum atomic E-state index is 12.0. The monoisotopic (exact) mass is 324 g/mol. The molecule has 1 atom stereocenters. The van der Waals surface area contributed by atoms with Gasteiger partial charge in [-0.15, -0.1) is 0 Å². The summed E-state index contributed by atoms with van der Waals surface area (Å²) in [5.41, 5.74) is 3.64. The Hall–Kier alpha value is -1.40. The summed E-state index contributed by atoms with van der Waals surface area (Å²) in [7, 11) is -1.06. The summed E-state index contributed by atoms with van der Waals surface area (Å²) in [4.78, 5) is 13.9. The molecule has 2 rings (SSSR count). The highest BCUT2D eigenvalue weighted by Gasteiger charge is 2.28. The van der Waals surface area contributed by atoms with Gasteiger partial charge in [-0.05, 0) is 38.4 Å². The number of nitrogens with zero attached hydrogens (tertiary/aromatic N) is 1. The van der Waals surface area contributed by atoms with Crippen LogP contribution >= 0.6 is 0 Å². The molecule has 22 heavy (non-hydrogen) atoms. The first-order valence-corrected chi connectivity index (χ1v) is 9.32. The van der Waals surface area contributed by atoms with E-state index in [4.69, 9.17) is 0 Å². The fraction of sp³-hybridized carbons (Fsp3) is 0.562. The molecule has 1 N–H and O–H groups in total. The van der Waals surface area contributed by atoms with Crippen LogP contribution in [0.5, 0.6) is 0 Å². The van der Waals surface area contributed by atoms with E-state index in [1.807, 2.05) is 11.9 Å². The molecule has 1 saturated heterocycles. The second kappa shape index (κ2) is 6.79. The van der Waals surface area contributed by atoms with Gasteiger partial charge in [0.1, 0.15) is 0 Å². The molecule has 0 unspecified atom stereocenters. The van der Waals surface area contributed by atoms with Crippen LogP contribution in [-0.2, 0) is 21.2 Å². The maximum Gasteiger partial charge on any atom is 0.234 e. The minimum Gasteiger partial charge on any atom is -0.351 e. The average molecular weight is 324 g/mol. The third kappa shape index (κ3) is 4.81. The average Bonchev–Trinajstić information content (AvgIpc) is 2.71. The van der Waals surface area contributed by atoms with E-state index in [9.17, 15) is 13.2 Å². The molecule has 1 heterocycles. The van der Waals surface area contributed by atoms with E-state index in [1.165, 1.54) is 16.7 Å². The molecule has 1 aliphatic rings. The lowest BCUT2D eigenvalue weighted by atomic mass is 10.1. The van der Waals surface area contributed by atoms with Crippen LogP contribution in [0.1, 0.15) is 23.1 Å². The predicted molar refractivity (Wildman–Crippen MR) is 87.5 cm³/mol. The Balaban J connectivity index is 1.84. The zero-order chi connectivity index (χ0) is 16.3. The van der Waals surface area contributed by atoms with E-state index < -0.39 is 9.84 Å². The number of hydrogen-bond donors (Lipinski definition) is 1. The fourth-order valence-electron chi connectivity index (χ4n) is 2.80. The summed E-state index contributed by atoms with van der Waals surface area (Å²) in [5.74, 6) is 0.130. The van der Waals surface area contributed by atoms with Crippen molar-refractivity contribution in [2.45, 2.75) is 32.9 Å². The van der Waals surface area contributed by atoms with Crippen LogP contribution in [0.25, 0.3) is 0 Å². The highest BCUT2D eigenvalue weighted by atomic mass is 32.2. The number of benzene rings is 1. The smallest absolute Gasteiger partial charge is 0.234 e. The van der Waals surface area contributed by atoms with Crippen molar-refractivity contribution in [3.63, 3.8) is 0 Å². The van der Waals surface area contributed by atoms with Crippen LogP contribution in [-0.4, -0.2) is 50.4 Å². The molecule has 1 amide bonds. The predicted octanol–water partition coefficient (Wildman–Crippen LogP) is 1.04. The topological polar surface area (TPSA) is 66.5 Å². The molecule has 1 fully saturated rings. The summed E-state index contributed by atoms with van der Waals surface area (Å²) in [6.07, 6.45) is 0.523. The molecule has 6 heteroatoms. The zero-order valence-electron chi connectivity index (χ0n) is 13.4. The molecule has 0 aliphatic carbocycles. The highest BCUT2D eigenvalue weighted by molar-refractivity contribution is 7.91. The Bertz CT molecular complexity index is 655. The highest BCUT2D eigenvalue weighted by Crippen LogP contribution is 2.13. The Morgan fingerprint density at radius 2 is 2.09 bits per heavy atom. The van der Waals surface area contributed by atoms with E-state index >= 15 is 0 Å². The Labute approximate surface area is 132 Å². The van der Waals surface area contributed by atoms with Gasteiger partial charge >= 0.3 is 0 Å². The first kappa shape index (κ1) is 17.0. The number of amides is 1. The number of carbonyl (C=O) groups excluding carboxylic acids is 1. The number of carbonyl (C=O) groups is 1. The van der Waals surface area contributed by atoms with Crippen molar-refractivity contribution in [1.82, 2.24) is 10.2 Å². The lowest BCUT2D eigenvalue weighted by molar-refractivity contribution is -0.122. The molecule has 0 spiro atoms. The van der Waals surface area contributed by atoms with Crippen molar-refractivity contribution >= 4 is 15.7 Å². The summed E-state index contributed by atoms with van der Waals surface area (Å²) in [6.45, 7) is 5.09. The van der Waals surface area contributed by atoms with Gasteiger partial charge in [-0.2, -0.15) is 0 Å². The van der Waals surface area contributed by atoms with Gasteiger partial charge in [0.25, 0.3) is 0 Å². The van der Waals surface area contributed by atoms with Crippen LogP contribution in [0.3, 0.4) is 0 Å². The van der Waals surface area contributed by atoms with Gasteiger partial charge in [-0.1, -0.05) is 23.8 Å². The lowest BCUT2D eigenvalue weighted by Gasteiger charge is -2.19. The second-order valence-electron chi connectivity index (χ2n) is 6.27. The molecule has 0 aromatic heterocycles. The van der Waals surface area contributed by atoms with Crippen molar-refractivity contribution < 1.29 is 13.2 Å². The van der Waals surface area contributed by atoms with Gasteiger partial charge in [-0.25, -0.2) is 8.42 Å². The molecule has 0 saturated carbocycles. The minimum absolute atomic E-state index is 0.0690. The normalized spacial score (nSPS) is 20.3. The zero-order valence-corrected chi connectivity index (χ0v) is 14.2. The first-order chi connectivity index (χ1) is 10.2. The first-order valence-electron chi connectivity index (χ1n) is 7.49. The molecule has 5 nitrogen and oxygen atoms in total. The molecular formula is C16H24N2O3S. The lowest BCUT2D eigenvalue weighted by Crippen LogP contribution is -2.41. The van der Waals surface area contributed by atoms with Gasteiger partial charge in [0.15, 0.2) is 9.84 Å². The molecule has 122 valence electrons. The molecule has 0 bridgehead atoms. The van der Waals surface area contributed by atoms with Crippen LogP contribution in [0.4, 0.5) is 0 Å². The SMILES string of the molecule is Cc1ccc(CN(C)CC(=O)N[C@@H]2CCS(=O)(=O)C2)c(C)c1. The van der Waals surface area contributed by atoms with E-state index in [0.29, 0.717) is 13.0 Å². The van der Waals surface area contributed by atoms with Crippen LogP contribution < -0.4 is 5.32 Å². The van der Waals surface area contributed by atoms with Gasteiger partial charge in [0.05, 0.1) is 18.1 Å². The van der Waals surface area contributed by atoms with E-state index in [0.717, 1.165) is 0 Å². The van der Waals surface area contributed by atoms with Crippen molar-refractivity contribution in [3.8, 4) is 0 Å². The molecule has 0 radical (unpaired) electrons. The Morgan fingerprint density at radius 1 is 1.36 bits per heavy atom. The van der Waals surface area contributed by atoms with Crippen LogP contribution in [0.2, 0.25) is 0 Å². The van der Waals surface area contributed by atoms with Crippen molar-refractivity contribution in [2.24, 2.45) is 0 Å². The largest absolute Gasteiger partial charge is 0.351 e. The standard InChI is InChI=1S/C16H24N2O3S/c1-12-4-5-14(13(2)8-12)9-18(3)10-16(19)17-15-6-7-22(20,21)11-15/h4-5,8,15H,6-7,9-11H2,1-3H3,(H,17,19)/t15-/m1/s1. The van der Waals surface area contributed by atoms with E-state index in [1.54, 1.807) is 0 Å². The summed E-state index contributed by atoms with van der Waals surface area (Å²) >= 11 is 0. The van der Waals surface area contributed by atoms with Crippen LogP contribution in [0, 0.1) is 13.8 Å². The summed E-state index contributed by atoms with van der Waals surface area (Å²) in [6, 6.07) is 6.06. The maximum absolute atomic E-state index is 12.0. The Morgan fingerprint density at radius 3 is 2.68 bits per heavy atom. The van der Waals surface area contributed by atoms with Gasteiger partial charge in [0.2, 0.25) is 5.91 Å². The fourth-order valence-corrected chi connectivity index (χ4v) is 4.47. The molecule has 1 aromatic rings. The van der Waals surface area contributed by atoms with Crippen molar-refractivity contribution in [3.05, 3.63) is 34.9 Å². The molecule has 1 aliphatic heterocycles. The third-order valence-corrected chi connectivity index (χ3v) is 5.72. The number of hydrogen-bond acceptors (Lipinski definition) is 4. The summed E-state index contributed by atoms with van der Waals surface area (Å²) < 4.78 is 22.8. The number of aryl methyl sites for hydroxylation is 2.